The molecule has 2 atom stereocenters. The van der Waals surface area contributed by atoms with Crippen LogP contribution in [0.1, 0.15) is 25.5 Å². The van der Waals surface area contributed by atoms with Crippen LogP contribution < -0.4 is 10.6 Å². The fourth-order valence-electron chi connectivity index (χ4n) is 2.43. The molecule has 0 heterocycles. The molecular weight excluding hydrogens is 280 g/mol. The first-order valence-corrected chi connectivity index (χ1v) is 7.15. The Labute approximate surface area is 129 Å². The second-order valence-electron chi connectivity index (χ2n) is 5.16. The van der Waals surface area contributed by atoms with E-state index in [1.54, 1.807) is 6.92 Å². The largest absolute Gasteiger partial charge is 0.453 e. The highest BCUT2D eigenvalue weighted by Gasteiger charge is 2.19. The van der Waals surface area contributed by atoms with Gasteiger partial charge in [0.25, 0.3) is 0 Å². The molecule has 0 bridgehead atoms. The number of carbonyl (C=O) groups excluding carboxylic acids is 2. The number of benzene rings is 2. The van der Waals surface area contributed by atoms with Crippen LogP contribution in [0.4, 0.5) is 4.79 Å². The monoisotopic (exact) mass is 300 g/mol. The van der Waals surface area contributed by atoms with Crippen LogP contribution in [-0.4, -0.2) is 25.2 Å². The van der Waals surface area contributed by atoms with Crippen LogP contribution in [0.5, 0.6) is 0 Å². The van der Waals surface area contributed by atoms with Gasteiger partial charge >= 0.3 is 6.09 Å². The summed E-state index contributed by atoms with van der Waals surface area (Å²) in [4.78, 5) is 22.9. The molecule has 2 amide bonds. The minimum atomic E-state index is -0.753. The van der Waals surface area contributed by atoms with Gasteiger partial charge in [0.1, 0.15) is 0 Å². The number of fused-ring (bicyclic) bond motifs is 1. The minimum absolute atomic E-state index is 0.0375. The number of amides is 2. The molecule has 0 unspecified atom stereocenters. The predicted molar refractivity (Wildman–Crippen MR) is 85.5 cm³/mol. The zero-order chi connectivity index (χ0) is 16.1. The van der Waals surface area contributed by atoms with Crippen molar-refractivity contribution in [2.45, 2.75) is 25.9 Å². The lowest BCUT2D eigenvalue weighted by Crippen LogP contribution is -2.45. The van der Waals surface area contributed by atoms with Gasteiger partial charge in [-0.15, -0.1) is 0 Å². The second-order valence-corrected chi connectivity index (χ2v) is 5.16. The van der Waals surface area contributed by atoms with E-state index in [1.165, 1.54) is 7.11 Å². The van der Waals surface area contributed by atoms with Gasteiger partial charge in [-0.05, 0) is 30.2 Å². The molecule has 2 aromatic rings. The van der Waals surface area contributed by atoms with E-state index in [-0.39, 0.29) is 6.04 Å². The van der Waals surface area contributed by atoms with Crippen molar-refractivity contribution in [2.24, 2.45) is 0 Å². The maximum Gasteiger partial charge on any atom is 0.413 e. The summed E-state index contributed by atoms with van der Waals surface area (Å²) in [5.74, 6) is -0.418. The number of methoxy groups -OCH3 is 1. The molecule has 0 radical (unpaired) electrons. The van der Waals surface area contributed by atoms with Gasteiger partial charge in [0.2, 0.25) is 5.91 Å². The number of hydrogen-bond acceptors (Lipinski definition) is 4. The Bertz CT molecular complexity index is 679. The topological polar surface area (TPSA) is 67.4 Å². The van der Waals surface area contributed by atoms with Gasteiger partial charge in [0, 0.05) is 6.04 Å². The van der Waals surface area contributed by atoms with Crippen molar-refractivity contribution < 1.29 is 14.3 Å². The Hall–Kier alpha value is -2.40. The molecule has 0 aromatic heterocycles. The normalized spacial score (nSPS) is 13.4. The van der Waals surface area contributed by atoms with Gasteiger partial charge in [-0.1, -0.05) is 42.5 Å². The number of ether oxygens (including phenoxy) is 1. The van der Waals surface area contributed by atoms with E-state index >= 15 is 0 Å². The molecule has 116 valence electrons. The van der Waals surface area contributed by atoms with Crippen LogP contribution in [0, 0.1) is 0 Å². The van der Waals surface area contributed by atoms with E-state index in [4.69, 9.17) is 0 Å². The van der Waals surface area contributed by atoms with Crippen molar-refractivity contribution in [1.29, 1.82) is 0 Å². The van der Waals surface area contributed by atoms with Crippen molar-refractivity contribution in [3.8, 4) is 0 Å². The lowest BCUT2D eigenvalue weighted by Gasteiger charge is -2.20. The first kappa shape index (κ1) is 16.0. The molecule has 5 heteroatoms. The smallest absolute Gasteiger partial charge is 0.413 e. The van der Waals surface area contributed by atoms with Crippen molar-refractivity contribution in [3.63, 3.8) is 0 Å². The number of alkyl carbamates (subject to hydrolysis) is 1. The average molecular weight is 300 g/mol. The number of carbonyl (C=O) groups is 2. The molecule has 0 aliphatic rings. The first-order valence-electron chi connectivity index (χ1n) is 7.15. The summed E-state index contributed by atoms with van der Waals surface area (Å²) in [5.41, 5.74) is 1.11. The summed E-state index contributed by atoms with van der Waals surface area (Å²) in [6.07, 6.45) is -0.753. The summed E-state index contributed by atoms with van der Waals surface area (Å²) in [7, 11) is 1.22. The third-order valence-corrected chi connectivity index (χ3v) is 3.59. The number of imide groups is 1. The molecule has 0 fully saturated rings. The molecule has 0 aliphatic heterocycles. The quantitative estimate of drug-likeness (QED) is 0.911. The van der Waals surface area contributed by atoms with Gasteiger partial charge in [-0.2, -0.15) is 0 Å². The average Bonchev–Trinajstić information content (AvgIpc) is 2.53. The Balaban J connectivity index is 2.12. The van der Waals surface area contributed by atoms with E-state index in [2.05, 4.69) is 33.6 Å². The second kappa shape index (κ2) is 7.04. The zero-order valence-corrected chi connectivity index (χ0v) is 12.9. The van der Waals surface area contributed by atoms with Crippen molar-refractivity contribution in [2.75, 3.05) is 7.11 Å². The highest BCUT2D eigenvalue weighted by Crippen LogP contribution is 2.24. The molecule has 0 saturated carbocycles. The van der Waals surface area contributed by atoms with Gasteiger partial charge in [-0.25, -0.2) is 4.79 Å². The summed E-state index contributed by atoms with van der Waals surface area (Å²) in [5, 5.41) is 7.66. The molecular formula is C17H20N2O3. The number of hydrogen-bond donors (Lipinski definition) is 2. The van der Waals surface area contributed by atoms with Crippen molar-refractivity contribution in [3.05, 3.63) is 48.0 Å². The highest BCUT2D eigenvalue weighted by molar-refractivity contribution is 5.94. The molecule has 0 spiro atoms. The Morgan fingerprint density at radius 2 is 1.73 bits per heavy atom. The van der Waals surface area contributed by atoms with E-state index in [0.717, 1.165) is 16.3 Å². The third kappa shape index (κ3) is 3.62. The summed E-state index contributed by atoms with van der Waals surface area (Å²) in [6, 6.07) is 13.6. The minimum Gasteiger partial charge on any atom is -0.453 e. The summed E-state index contributed by atoms with van der Waals surface area (Å²) < 4.78 is 4.42. The van der Waals surface area contributed by atoms with Crippen molar-refractivity contribution >= 4 is 22.8 Å². The van der Waals surface area contributed by atoms with Gasteiger partial charge in [0.05, 0.1) is 13.2 Å². The molecule has 5 nitrogen and oxygen atoms in total. The van der Waals surface area contributed by atoms with Gasteiger partial charge in [-0.3, -0.25) is 15.4 Å². The standard InChI is InChI=1S/C17H20N2O3/c1-11(18-12(2)16(20)19-17(21)22-3)14-10-6-8-13-7-4-5-9-15(13)14/h4-12,18H,1-3H3,(H,19,20,21)/t11-,12-/m1/s1. The van der Waals surface area contributed by atoms with E-state index < -0.39 is 18.0 Å². The first-order chi connectivity index (χ1) is 10.5. The molecule has 0 aliphatic carbocycles. The maximum atomic E-state index is 11.9. The van der Waals surface area contributed by atoms with Crippen LogP contribution >= 0.6 is 0 Å². The zero-order valence-electron chi connectivity index (χ0n) is 12.9. The molecule has 22 heavy (non-hydrogen) atoms. The van der Waals surface area contributed by atoms with E-state index in [9.17, 15) is 9.59 Å². The maximum absolute atomic E-state index is 11.9. The molecule has 2 aromatic carbocycles. The van der Waals surface area contributed by atoms with Crippen LogP contribution in [0.2, 0.25) is 0 Å². The SMILES string of the molecule is COC(=O)NC(=O)[C@@H](C)N[C@H](C)c1cccc2ccccc12. The highest BCUT2D eigenvalue weighted by atomic mass is 16.5. The van der Waals surface area contributed by atoms with E-state index in [0.29, 0.717) is 0 Å². The third-order valence-electron chi connectivity index (χ3n) is 3.59. The Kier molecular flexibility index (Phi) is 5.12. The summed E-state index contributed by atoms with van der Waals surface area (Å²) in [6.45, 7) is 3.70. The van der Waals surface area contributed by atoms with Crippen LogP contribution in [-0.2, 0) is 9.53 Å². The van der Waals surface area contributed by atoms with Gasteiger partial charge < -0.3 is 4.74 Å². The predicted octanol–water partition coefficient (Wildman–Crippen LogP) is 2.76. The molecule has 0 saturated heterocycles. The van der Waals surface area contributed by atoms with Crippen LogP contribution in [0.3, 0.4) is 0 Å². The number of nitrogens with one attached hydrogen (secondary N) is 2. The van der Waals surface area contributed by atoms with Crippen LogP contribution in [0.15, 0.2) is 42.5 Å². The van der Waals surface area contributed by atoms with Crippen LogP contribution in [0.25, 0.3) is 10.8 Å². The fraction of sp³-hybridized carbons (Fsp3) is 0.294. The lowest BCUT2D eigenvalue weighted by molar-refractivity contribution is -0.122. The van der Waals surface area contributed by atoms with Gasteiger partial charge in [0.15, 0.2) is 0 Å². The molecule has 2 rings (SSSR count). The lowest BCUT2D eigenvalue weighted by atomic mass is 9.99. The van der Waals surface area contributed by atoms with E-state index in [1.807, 2.05) is 31.2 Å². The molecule has 2 N–H and O–H groups in total. The number of rotatable bonds is 4. The van der Waals surface area contributed by atoms with Crippen molar-refractivity contribution in [1.82, 2.24) is 10.6 Å². The Morgan fingerprint density at radius 3 is 2.45 bits per heavy atom. The summed E-state index contributed by atoms with van der Waals surface area (Å²) >= 11 is 0. The fourth-order valence-corrected chi connectivity index (χ4v) is 2.43. The Morgan fingerprint density at radius 1 is 1.05 bits per heavy atom.